The molecule has 1 aromatic carbocycles. The zero-order valence-electron chi connectivity index (χ0n) is 17.8. The maximum absolute atomic E-state index is 13.1. The van der Waals surface area contributed by atoms with Crippen molar-refractivity contribution in [3.8, 4) is 0 Å². The van der Waals surface area contributed by atoms with Crippen LogP contribution >= 0.6 is 0 Å². The van der Waals surface area contributed by atoms with Crippen molar-refractivity contribution in [3.05, 3.63) is 35.4 Å². The highest BCUT2D eigenvalue weighted by molar-refractivity contribution is 6.08. The van der Waals surface area contributed by atoms with Crippen molar-refractivity contribution in [2.45, 2.75) is 52.2 Å². The first-order chi connectivity index (χ1) is 14.0. The van der Waals surface area contributed by atoms with Gasteiger partial charge in [0, 0.05) is 0 Å². The molecule has 3 rings (SSSR count). The number of hydrogen-bond acceptors (Lipinski definition) is 6. The van der Waals surface area contributed by atoms with E-state index in [1.807, 2.05) is 0 Å². The second kappa shape index (κ2) is 8.08. The summed E-state index contributed by atoms with van der Waals surface area (Å²) in [6.07, 6.45) is 2.10. The summed E-state index contributed by atoms with van der Waals surface area (Å²) in [5, 5.41) is 2.84. The van der Waals surface area contributed by atoms with Gasteiger partial charge in [-0.3, -0.25) is 14.5 Å². The van der Waals surface area contributed by atoms with Crippen LogP contribution in [0.1, 0.15) is 56.0 Å². The normalized spacial score (nSPS) is 25.2. The molecule has 30 heavy (non-hydrogen) atoms. The summed E-state index contributed by atoms with van der Waals surface area (Å²) >= 11 is 0. The highest BCUT2D eigenvalue weighted by atomic mass is 16.5. The van der Waals surface area contributed by atoms with Gasteiger partial charge in [-0.15, -0.1) is 0 Å². The Bertz CT molecular complexity index is 863. The maximum atomic E-state index is 13.1. The second-order valence-corrected chi connectivity index (χ2v) is 9.11. The Labute approximate surface area is 175 Å². The van der Waals surface area contributed by atoms with E-state index in [2.05, 4.69) is 30.8 Å². The number of methoxy groups -OCH3 is 1. The Hall–Kier alpha value is -2.90. The van der Waals surface area contributed by atoms with Gasteiger partial charge >= 0.3 is 18.0 Å². The van der Waals surface area contributed by atoms with Crippen LogP contribution in [0.3, 0.4) is 0 Å². The molecule has 1 aliphatic heterocycles. The van der Waals surface area contributed by atoms with Crippen LogP contribution in [0, 0.1) is 11.3 Å². The number of rotatable bonds is 5. The van der Waals surface area contributed by atoms with Gasteiger partial charge in [-0.05, 0) is 48.3 Å². The number of carbonyl (C=O) groups is 4. The number of nitrogens with one attached hydrogen (secondary N) is 1. The number of benzene rings is 1. The summed E-state index contributed by atoms with van der Waals surface area (Å²) in [6, 6.07) is 5.88. The predicted octanol–water partition coefficient (Wildman–Crippen LogP) is 2.65. The first-order valence-corrected chi connectivity index (χ1v) is 10.0. The smallest absolute Gasteiger partial charge is 0.337 e. The van der Waals surface area contributed by atoms with Gasteiger partial charge in [-0.1, -0.05) is 32.9 Å². The number of ether oxygens (including phenoxy) is 2. The van der Waals surface area contributed by atoms with Gasteiger partial charge in [-0.2, -0.15) is 0 Å². The molecule has 1 saturated heterocycles. The van der Waals surface area contributed by atoms with Crippen molar-refractivity contribution >= 4 is 23.9 Å². The molecule has 2 atom stereocenters. The van der Waals surface area contributed by atoms with Gasteiger partial charge in [0.05, 0.1) is 12.7 Å². The van der Waals surface area contributed by atoms with Crippen LogP contribution in [-0.2, 0) is 25.7 Å². The van der Waals surface area contributed by atoms with Gasteiger partial charge in [-0.25, -0.2) is 9.59 Å². The topological polar surface area (TPSA) is 102 Å². The molecule has 2 aliphatic rings. The van der Waals surface area contributed by atoms with Gasteiger partial charge < -0.3 is 14.8 Å². The predicted molar refractivity (Wildman–Crippen MR) is 107 cm³/mol. The number of esters is 2. The average molecular weight is 416 g/mol. The highest BCUT2D eigenvalue weighted by Gasteiger charge is 2.56. The van der Waals surface area contributed by atoms with Crippen LogP contribution in [0.2, 0.25) is 0 Å². The quantitative estimate of drug-likeness (QED) is 0.585. The number of hydrogen-bond donors (Lipinski definition) is 1. The van der Waals surface area contributed by atoms with E-state index in [0.29, 0.717) is 24.0 Å². The minimum atomic E-state index is -0.942. The minimum absolute atomic E-state index is 0.0286. The Morgan fingerprint density at radius 3 is 2.43 bits per heavy atom. The second-order valence-electron chi connectivity index (χ2n) is 9.11. The van der Waals surface area contributed by atoms with Gasteiger partial charge in [0.15, 0.2) is 0 Å². The molecule has 0 bridgehead atoms. The summed E-state index contributed by atoms with van der Waals surface area (Å²) < 4.78 is 9.86. The van der Waals surface area contributed by atoms with Gasteiger partial charge in [0.2, 0.25) is 0 Å². The molecular formula is C22H28N2O6. The summed E-state index contributed by atoms with van der Waals surface area (Å²) in [5.41, 5.74) is 0.0461. The summed E-state index contributed by atoms with van der Waals surface area (Å²) in [6.45, 7) is 5.80. The molecule has 8 nitrogen and oxygen atoms in total. The zero-order valence-corrected chi connectivity index (χ0v) is 17.8. The van der Waals surface area contributed by atoms with Crippen molar-refractivity contribution in [1.82, 2.24) is 10.2 Å². The molecule has 1 heterocycles. The van der Waals surface area contributed by atoms with Crippen LogP contribution in [-0.4, -0.2) is 48.0 Å². The number of imide groups is 1. The third-order valence-electron chi connectivity index (χ3n) is 5.69. The molecule has 1 spiro atoms. The Balaban J connectivity index is 1.59. The first-order valence-electron chi connectivity index (χ1n) is 10.0. The largest absolute Gasteiger partial charge is 0.465 e. The molecule has 0 unspecified atom stereocenters. The molecule has 1 saturated carbocycles. The SMILES string of the molecule is COC(=O)c1ccc(COC(=O)CN2C(=O)N[C@]3(C[C@@H](C)CC(C)(C)C3)C2=O)cc1. The Morgan fingerprint density at radius 1 is 1.17 bits per heavy atom. The summed E-state index contributed by atoms with van der Waals surface area (Å²) in [4.78, 5) is 50.2. The fourth-order valence-corrected chi connectivity index (χ4v) is 4.84. The van der Waals surface area contributed by atoms with Crippen molar-refractivity contribution in [2.24, 2.45) is 11.3 Å². The fraction of sp³-hybridized carbons (Fsp3) is 0.545. The van der Waals surface area contributed by atoms with Gasteiger partial charge in [0.1, 0.15) is 18.7 Å². The third-order valence-corrected chi connectivity index (χ3v) is 5.69. The van der Waals surface area contributed by atoms with Crippen molar-refractivity contribution in [3.63, 3.8) is 0 Å². The molecule has 0 radical (unpaired) electrons. The minimum Gasteiger partial charge on any atom is -0.465 e. The van der Waals surface area contributed by atoms with E-state index in [-0.39, 0.29) is 23.8 Å². The van der Waals surface area contributed by atoms with E-state index in [0.717, 1.165) is 11.3 Å². The lowest BCUT2D eigenvalue weighted by molar-refractivity contribution is -0.149. The molecule has 2 fully saturated rings. The maximum Gasteiger partial charge on any atom is 0.337 e. The molecular weight excluding hydrogens is 388 g/mol. The van der Waals surface area contributed by atoms with Crippen LogP contribution in [0.15, 0.2) is 24.3 Å². The number of amides is 3. The third kappa shape index (κ3) is 4.47. The first kappa shape index (κ1) is 21.8. The Morgan fingerprint density at radius 2 is 1.83 bits per heavy atom. The zero-order chi connectivity index (χ0) is 22.1. The van der Waals surface area contributed by atoms with Crippen molar-refractivity contribution < 1.29 is 28.7 Å². The van der Waals surface area contributed by atoms with E-state index < -0.39 is 30.1 Å². The molecule has 162 valence electrons. The summed E-state index contributed by atoms with van der Waals surface area (Å²) in [7, 11) is 1.30. The van der Waals surface area contributed by atoms with E-state index in [1.54, 1.807) is 24.3 Å². The van der Waals surface area contributed by atoms with E-state index in [4.69, 9.17) is 4.74 Å². The highest BCUT2D eigenvalue weighted by Crippen LogP contribution is 2.46. The lowest BCUT2D eigenvalue weighted by Gasteiger charge is -2.43. The molecule has 0 aromatic heterocycles. The standard InChI is InChI=1S/C22H28N2O6/c1-14-9-21(2,3)13-22(10-14)19(27)24(20(28)23-22)11-17(25)30-12-15-5-7-16(8-6-15)18(26)29-4/h5-8,14H,9-13H2,1-4H3,(H,23,28)/t14-,22-/m0/s1. The molecule has 1 N–H and O–H groups in total. The van der Waals surface area contributed by atoms with E-state index >= 15 is 0 Å². The lowest BCUT2D eigenvalue weighted by atomic mass is 9.64. The van der Waals surface area contributed by atoms with Crippen LogP contribution in [0.25, 0.3) is 0 Å². The monoisotopic (exact) mass is 416 g/mol. The fourth-order valence-electron chi connectivity index (χ4n) is 4.84. The molecule has 1 aliphatic carbocycles. The van der Waals surface area contributed by atoms with Gasteiger partial charge in [0.25, 0.3) is 5.91 Å². The average Bonchev–Trinajstić information content (AvgIpc) is 2.87. The Kier molecular flexibility index (Phi) is 5.87. The van der Waals surface area contributed by atoms with Crippen LogP contribution in [0.4, 0.5) is 4.79 Å². The lowest BCUT2D eigenvalue weighted by Crippen LogP contribution is -2.54. The van der Waals surface area contributed by atoms with E-state index in [1.165, 1.54) is 7.11 Å². The summed E-state index contributed by atoms with van der Waals surface area (Å²) in [5.74, 6) is -1.19. The number of nitrogens with zero attached hydrogens (tertiary/aromatic N) is 1. The molecule has 3 amide bonds. The number of urea groups is 1. The molecule has 1 aromatic rings. The van der Waals surface area contributed by atoms with Crippen LogP contribution in [0.5, 0.6) is 0 Å². The van der Waals surface area contributed by atoms with E-state index in [9.17, 15) is 19.2 Å². The van der Waals surface area contributed by atoms with Crippen LogP contribution < -0.4 is 5.32 Å². The molecule has 8 heteroatoms. The number of carbonyl (C=O) groups excluding carboxylic acids is 4. The van der Waals surface area contributed by atoms with Crippen molar-refractivity contribution in [2.75, 3.05) is 13.7 Å². The van der Waals surface area contributed by atoms with Crippen molar-refractivity contribution in [1.29, 1.82) is 0 Å².